The number of urea groups is 1. The standard InChI is InChI=1S/C13H18N6O7S/c20-12(17-25-11-5-14-4-9-8(11)3-15-16-9)10-2-1-7-6-18(10)13(21)19(7)26-27(22,23)24/h3,7,10-11,14H,1-2,4-6H2,(H,15,16)(H,17,20)(H,22,23,24)/t7-,10+,11?/m1/s1. The van der Waals surface area contributed by atoms with Gasteiger partial charge >= 0.3 is 16.4 Å². The summed E-state index contributed by atoms with van der Waals surface area (Å²) in [5.41, 5.74) is 4.08. The molecule has 4 heterocycles. The third-order valence-corrected chi connectivity index (χ3v) is 5.18. The summed E-state index contributed by atoms with van der Waals surface area (Å²) in [6.45, 7) is 1.22. The van der Waals surface area contributed by atoms with Crippen LogP contribution in [0.25, 0.3) is 0 Å². The lowest BCUT2D eigenvalue weighted by Crippen LogP contribution is -2.50. The van der Waals surface area contributed by atoms with Crippen LogP contribution in [0.3, 0.4) is 0 Å². The van der Waals surface area contributed by atoms with Crippen LogP contribution in [-0.2, 0) is 30.9 Å². The van der Waals surface area contributed by atoms with Crippen molar-refractivity contribution >= 4 is 22.3 Å². The predicted octanol–water partition coefficient (Wildman–Crippen LogP) is -1.40. The van der Waals surface area contributed by atoms with Crippen molar-refractivity contribution in [1.82, 2.24) is 31.0 Å². The number of carbonyl (C=O) groups excluding carboxylic acids is 2. The maximum atomic E-state index is 12.5. The Morgan fingerprint density at radius 2 is 2.22 bits per heavy atom. The van der Waals surface area contributed by atoms with Crippen molar-refractivity contribution in [1.29, 1.82) is 0 Å². The quantitative estimate of drug-likeness (QED) is 0.342. The number of nitrogens with one attached hydrogen (secondary N) is 3. The molecule has 2 saturated heterocycles. The van der Waals surface area contributed by atoms with Gasteiger partial charge in [0.2, 0.25) is 0 Å². The molecule has 148 valence electrons. The molecule has 1 aromatic heterocycles. The van der Waals surface area contributed by atoms with Crippen molar-refractivity contribution in [2.45, 2.75) is 37.6 Å². The first-order chi connectivity index (χ1) is 12.8. The SMILES string of the molecule is O=C(NOC1CNCc2[nH]ncc21)[C@@H]1CC[C@@H]2CN1C(=O)N2OS(=O)(=O)O. The minimum Gasteiger partial charge on any atom is -0.309 e. The second kappa shape index (κ2) is 6.72. The Balaban J connectivity index is 1.39. The van der Waals surface area contributed by atoms with Crippen molar-refractivity contribution in [3.8, 4) is 0 Å². The Kier molecular flexibility index (Phi) is 4.51. The molecule has 0 aromatic carbocycles. The van der Waals surface area contributed by atoms with E-state index in [0.29, 0.717) is 31.0 Å². The van der Waals surface area contributed by atoms with Crippen LogP contribution in [-0.4, -0.2) is 70.2 Å². The molecule has 4 N–H and O–H groups in total. The number of H-pyrrole nitrogens is 1. The molecule has 0 radical (unpaired) electrons. The lowest BCUT2D eigenvalue weighted by atomic mass is 10.0. The maximum absolute atomic E-state index is 12.5. The molecule has 1 aromatic rings. The topological polar surface area (TPSA) is 166 Å². The van der Waals surface area contributed by atoms with E-state index >= 15 is 0 Å². The number of piperidine rings is 1. The minimum absolute atomic E-state index is 0.114. The van der Waals surface area contributed by atoms with E-state index in [0.717, 1.165) is 11.3 Å². The molecule has 2 bridgehead atoms. The monoisotopic (exact) mass is 402 g/mol. The first-order valence-corrected chi connectivity index (χ1v) is 9.65. The van der Waals surface area contributed by atoms with Crippen LogP contribution in [0.5, 0.6) is 0 Å². The van der Waals surface area contributed by atoms with Gasteiger partial charge in [0.25, 0.3) is 5.91 Å². The van der Waals surface area contributed by atoms with Crippen molar-refractivity contribution in [2.75, 3.05) is 13.1 Å². The fourth-order valence-electron chi connectivity index (χ4n) is 3.59. The van der Waals surface area contributed by atoms with Crippen molar-refractivity contribution in [3.63, 3.8) is 0 Å². The maximum Gasteiger partial charge on any atom is 0.418 e. The van der Waals surface area contributed by atoms with Crippen molar-refractivity contribution < 1.29 is 31.7 Å². The lowest BCUT2D eigenvalue weighted by Gasteiger charge is -2.30. The average Bonchev–Trinajstić information content (AvgIpc) is 3.19. The van der Waals surface area contributed by atoms with E-state index in [4.69, 9.17) is 9.39 Å². The minimum atomic E-state index is -4.83. The zero-order valence-corrected chi connectivity index (χ0v) is 14.8. The summed E-state index contributed by atoms with van der Waals surface area (Å²) in [5, 5.41) is 10.5. The van der Waals surface area contributed by atoms with E-state index in [2.05, 4.69) is 25.3 Å². The highest BCUT2D eigenvalue weighted by Crippen LogP contribution is 2.31. The van der Waals surface area contributed by atoms with Crippen LogP contribution in [0.2, 0.25) is 0 Å². The van der Waals surface area contributed by atoms with Gasteiger partial charge in [-0.1, -0.05) is 0 Å². The molecule has 27 heavy (non-hydrogen) atoms. The number of rotatable bonds is 5. The molecular weight excluding hydrogens is 384 g/mol. The summed E-state index contributed by atoms with van der Waals surface area (Å²) in [6.07, 6.45) is 1.84. The molecule has 1 unspecified atom stereocenters. The summed E-state index contributed by atoms with van der Waals surface area (Å²) in [5.74, 6) is -0.522. The molecule has 14 heteroatoms. The molecule has 13 nitrogen and oxygen atoms in total. The van der Waals surface area contributed by atoms with Crippen molar-refractivity contribution in [2.24, 2.45) is 0 Å². The fraction of sp³-hybridized carbons (Fsp3) is 0.615. The summed E-state index contributed by atoms with van der Waals surface area (Å²) in [6, 6.07) is -2.18. The van der Waals surface area contributed by atoms with Crippen LogP contribution >= 0.6 is 0 Å². The Morgan fingerprint density at radius 1 is 1.41 bits per heavy atom. The molecule has 0 spiro atoms. The molecule has 0 aliphatic carbocycles. The van der Waals surface area contributed by atoms with Gasteiger partial charge in [0.05, 0.1) is 17.9 Å². The number of hydrogen-bond acceptors (Lipinski definition) is 8. The van der Waals surface area contributed by atoms with Gasteiger partial charge in [0.15, 0.2) is 0 Å². The van der Waals surface area contributed by atoms with Gasteiger partial charge in [-0.2, -0.15) is 18.6 Å². The molecular formula is C13H18N6O7S. The van der Waals surface area contributed by atoms with Gasteiger partial charge in [-0.15, -0.1) is 4.28 Å². The van der Waals surface area contributed by atoms with Crippen LogP contribution in [0.1, 0.15) is 30.2 Å². The molecule has 3 aliphatic heterocycles. The number of fused-ring (bicyclic) bond motifs is 3. The predicted molar refractivity (Wildman–Crippen MR) is 85.6 cm³/mol. The zero-order valence-electron chi connectivity index (χ0n) is 14.0. The fourth-order valence-corrected chi connectivity index (χ4v) is 3.97. The van der Waals surface area contributed by atoms with Gasteiger partial charge in [-0.3, -0.25) is 19.3 Å². The molecule has 0 saturated carbocycles. The highest BCUT2D eigenvalue weighted by atomic mass is 32.3. The number of nitrogens with zero attached hydrogens (tertiary/aromatic N) is 3. The number of amides is 3. The van der Waals surface area contributed by atoms with Gasteiger partial charge in [-0.25, -0.2) is 10.3 Å². The number of carbonyl (C=O) groups is 2. The van der Waals surface area contributed by atoms with Gasteiger partial charge in [0, 0.05) is 25.2 Å². The normalized spacial score (nSPS) is 27.6. The second-order valence-electron chi connectivity index (χ2n) is 6.52. The van der Waals surface area contributed by atoms with Gasteiger partial charge in [-0.05, 0) is 12.8 Å². The average molecular weight is 402 g/mol. The molecule has 3 amide bonds. The molecule has 2 fully saturated rings. The van der Waals surface area contributed by atoms with E-state index < -0.39 is 40.5 Å². The van der Waals surface area contributed by atoms with Gasteiger partial charge in [0.1, 0.15) is 12.1 Å². The highest BCUT2D eigenvalue weighted by Gasteiger charge is 2.49. The largest absolute Gasteiger partial charge is 0.418 e. The van der Waals surface area contributed by atoms with E-state index in [1.54, 1.807) is 6.20 Å². The zero-order chi connectivity index (χ0) is 19.2. The van der Waals surface area contributed by atoms with E-state index in [1.165, 1.54) is 4.90 Å². The first kappa shape index (κ1) is 18.1. The van der Waals surface area contributed by atoms with Crippen LogP contribution in [0.4, 0.5) is 4.79 Å². The first-order valence-electron chi connectivity index (χ1n) is 8.28. The summed E-state index contributed by atoms with van der Waals surface area (Å²) < 4.78 is 34.9. The molecule has 4 rings (SSSR count). The number of aromatic amines is 1. The number of hydrogen-bond donors (Lipinski definition) is 4. The third kappa shape index (κ3) is 3.49. The van der Waals surface area contributed by atoms with Crippen LogP contribution in [0, 0.1) is 0 Å². The van der Waals surface area contributed by atoms with E-state index in [9.17, 15) is 18.0 Å². The van der Waals surface area contributed by atoms with Gasteiger partial charge < -0.3 is 10.2 Å². The summed E-state index contributed by atoms with van der Waals surface area (Å²) in [4.78, 5) is 31.5. The van der Waals surface area contributed by atoms with Crippen molar-refractivity contribution in [3.05, 3.63) is 17.5 Å². The highest BCUT2D eigenvalue weighted by molar-refractivity contribution is 7.80. The number of aromatic nitrogens is 2. The third-order valence-electron chi connectivity index (χ3n) is 4.83. The Morgan fingerprint density at radius 3 is 3.00 bits per heavy atom. The molecule has 3 atom stereocenters. The number of hydroxylamine groups is 3. The Labute approximate surface area is 153 Å². The summed E-state index contributed by atoms with van der Waals surface area (Å²) >= 11 is 0. The summed E-state index contributed by atoms with van der Waals surface area (Å²) in [7, 11) is -4.83. The second-order valence-corrected chi connectivity index (χ2v) is 7.52. The smallest absolute Gasteiger partial charge is 0.309 e. The Hall–Kier alpha value is -2.26. The Bertz CT molecular complexity index is 857. The van der Waals surface area contributed by atoms with Crippen LogP contribution < -0.4 is 10.8 Å². The van der Waals surface area contributed by atoms with E-state index in [-0.39, 0.29) is 6.54 Å². The van der Waals surface area contributed by atoms with E-state index in [1.807, 2.05) is 0 Å². The van der Waals surface area contributed by atoms with Crippen LogP contribution in [0.15, 0.2) is 6.20 Å². The molecule has 3 aliphatic rings. The lowest BCUT2D eigenvalue weighted by molar-refractivity contribution is -0.144.